The minimum absolute atomic E-state index is 0. The van der Waals surface area contributed by atoms with Crippen LogP contribution in [-0.4, -0.2) is 34.6 Å². The van der Waals surface area contributed by atoms with E-state index < -0.39 is 10.2 Å². The second-order valence-electron chi connectivity index (χ2n) is 9.75. The quantitative estimate of drug-likeness (QED) is 0.231. The SMILES string of the molecule is [Co+3].[O-][Cl+3]([O-])([O-])O.[c-]1cccnc1-c1nc2ccccc2s1.[c-]1cccnc1-c1nc2ccccc2s1.[c-]1cccnc1-c1nc2ccccc2s1. The molecule has 0 aliphatic heterocycles. The number of aromatic nitrogens is 6. The van der Waals surface area contributed by atoms with Crippen molar-refractivity contribution in [2.45, 2.75) is 0 Å². The maximum Gasteiger partial charge on any atom is 3.00 e. The number of pyridine rings is 3. The van der Waals surface area contributed by atoms with Gasteiger partial charge in [0.1, 0.15) is 0 Å². The molecular weight excluding hydrogens is 771 g/mol. The molecule has 9 rings (SSSR count). The summed E-state index contributed by atoms with van der Waals surface area (Å²) in [6.07, 6.45) is 5.29. The number of fused-ring (bicyclic) bond motifs is 3. The van der Waals surface area contributed by atoms with Crippen LogP contribution in [0.25, 0.3) is 62.8 Å². The molecular formula is C36H22ClCoN6O4S3. The van der Waals surface area contributed by atoms with E-state index in [1.54, 1.807) is 52.6 Å². The zero-order valence-corrected chi connectivity index (χ0v) is 30.2. The summed E-state index contributed by atoms with van der Waals surface area (Å²) in [5.74, 6) is 0. The molecule has 0 bridgehead atoms. The minimum atomic E-state index is -4.69. The van der Waals surface area contributed by atoms with Crippen LogP contribution in [0.5, 0.6) is 0 Å². The van der Waals surface area contributed by atoms with Crippen LogP contribution in [0.2, 0.25) is 0 Å². The Balaban J connectivity index is 0.000000138. The van der Waals surface area contributed by atoms with Gasteiger partial charge in [0, 0.05) is 29.1 Å². The molecule has 15 heteroatoms. The van der Waals surface area contributed by atoms with E-state index in [1.165, 1.54) is 14.1 Å². The normalized spacial score (nSPS) is 10.6. The van der Waals surface area contributed by atoms with Crippen LogP contribution >= 0.6 is 34.0 Å². The average molecular weight is 793 g/mol. The third-order valence-electron chi connectivity index (χ3n) is 6.31. The Morgan fingerprint density at radius 3 is 0.980 bits per heavy atom. The van der Waals surface area contributed by atoms with E-state index in [9.17, 15) is 0 Å². The molecule has 10 nitrogen and oxygen atoms in total. The fourth-order valence-electron chi connectivity index (χ4n) is 4.25. The Morgan fingerprint density at radius 1 is 0.471 bits per heavy atom. The van der Waals surface area contributed by atoms with Crippen molar-refractivity contribution in [3.05, 3.63) is 146 Å². The summed E-state index contributed by atoms with van der Waals surface area (Å²) in [5, 5.41) is 2.78. The predicted octanol–water partition coefficient (Wildman–Crippen LogP) is 5.35. The minimum Gasteiger partial charge on any atom is -0.298 e. The van der Waals surface area contributed by atoms with Crippen LogP contribution in [0.4, 0.5) is 0 Å². The van der Waals surface area contributed by atoms with Crippen molar-refractivity contribution in [3.63, 3.8) is 0 Å². The van der Waals surface area contributed by atoms with E-state index in [0.29, 0.717) is 0 Å². The predicted molar refractivity (Wildman–Crippen MR) is 187 cm³/mol. The standard InChI is InChI=1S/3C12H7N2S.ClHO4.Co/c3*1-2-7-11-9(5-1)14-12(15-11)10-6-3-4-8-13-10;2-1(3,4)5;/h3*1-5,7-8H;(H,2,3,4,5);/q3*-1;;+3. The molecule has 1 N–H and O–H groups in total. The van der Waals surface area contributed by atoms with Gasteiger partial charge in [-0.05, 0) is 72.1 Å². The number of thiazole rings is 3. The van der Waals surface area contributed by atoms with Gasteiger partial charge in [-0.25, -0.2) is 0 Å². The molecule has 0 saturated heterocycles. The number of rotatable bonds is 3. The number of halogens is 1. The fourth-order valence-corrected chi connectivity index (χ4v) is 7.02. The van der Waals surface area contributed by atoms with Gasteiger partial charge in [0.15, 0.2) is 0 Å². The fraction of sp³-hybridized carbons (Fsp3) is 0. The first-order chi connectivity index (χ1) is 24.3. The van der Waals surface area contributed by atoms with Gasteiger partial charge in [-0.3, -0.25) is 29.9 Å². The molecule has 0 fully saturated rings. The second kappa shape index (κ2) is 18.1. The van der Waals surface area contributed by atoms with Crippen molar-refractivity contribution in [3.8, 4) is 32.1 Å². The van der Waals surface area contributed by atoms with Crippen molar-refractivity contribution >= 4 is 64.7 Å². The van der Waals surface area contributed by atoms with E-state index in [4.69, 9.17) is 18.6 Å². The zero-order valence-electron chi connectivity index (χ0n) is 25.9. The largest absolute Gasteiger partial charge is 3.00 e. The molecule has 0 spiro atoms. The second-order valence-corrected chi connectivity index (χ2v) is 13.6. The summed E-state index contributed by atoms with van der Waals surface area (Å²) in [4.78, 5) is 26.2. The van der Waals surface area contributed by atoms with Gasteiger partial charge in [0.05, 0.1) is 31.5 Å². The van der Waals surface area contributed by atoms with Gasteiger partial charge < -0.3 is 0 Å². The first-order valence-corrected chi connectivity index (χ1v) is 18.2. The zero-order chi connectivity index (χ0) is 34.8. The molecule has 0 unspecified atom stereocenters. The monoisotopic (exact) mass is 792 g/mol. The number of hydrogen-bond donors (Lipinski definition) is 1. The van der Waals surface area contributed by atoms with Gasteiger partial charge >= 0.3 is 16.8 Å². The molecule has 6 heterocycles. The molecule has 0 saturated carbocycles. The van der Waals surface area contributed by atoms with E-state index in [2.05, 4.69) is 66.3 Å². The Kier molecular flexibility index (Phi) is 13.3. The maximum absolute atomic E-state index is 8.60. The van der Waals surface area contributed by atoms with Crippen LogP contribution < -0.4 is 14.0 Å². The number of para-hydroxylation sites is 3. The molecule has 0 aliphatic rings. The number of hydrogen-bond acceptors (Lipinski definition) is 13. The smallest absolute Gasteiger partial charge is 0.298 e. The summed E-state index contributed by atoms with van der Waals surface area (Å²) in [7, 11) is -4.69. The summed E-state index contributed by atoms with van der Waals surface area (Å²) in [5.41, 5.74) is 5.53. The molecule has 0 radical (unpaired) electrons. The Hall–Kier alpha value is -4.58. The number of nitrogens with zero attached hydrogens (tertiary/aromatic N) is 6. The summed E-state index contributed by atoms with van der Waals surface area (Å²) in [6.45, 7) is 0. The van der Waals surface area contributed by atoms with Crippen molar-refractivity contribution in [1.82, 2.24) is 29.9 Å². The van der Waals surface area contributed by atoms with Gasteiger partial charge in [-0.15, -0.1) is 18.2 Å². The average Bonchev–Trinajstić information content (AvgIpc) is 3.90. The van der Waals surface area contributed by atoms with Crippen molar-refractivity contribution < 1.29 is 45.7 Å². The van der Waals surface area contributed by atoms with Crippen LogP contribution in [0, 0.1) is 28.4 Å². The third-order valence-corrected chi connectivity index (χ3v) is 9.44. The number of benzene rings is 3. The van der Waals surface area contributed by atoms with Crippen LogP contribution in [-0.2, 0) is 16.8 Å². The Bertz CT molecular complexity index is 2050. The van der Waals surface area contributed by atoms with Gasteiger partial charge in [0.25, 0.3) is 0 Å². The van der Waals surface area contributed by atoms with E-state index in [1.807, 2.05) is 91.0 Å². The molecule has 3 aromatic carbocycles. The summed E-state index contributed by atoms with van der Waals surface area (Å²) < 4.78 is 36.3. The molecule has 6 aromatic heterocycles. The first kappa shape index (κ1) is 37.7. The maximum atomic E-state index is 8.60. The molecule has 9 aromatic rings. The van der Waals surface area contributed by atoms with Crippen molar-refractivity contribution in [2.24, 2.45) is 0 Å². The molecule has 51 heavy (non-hydrogen) atoms. The topological polar surface area (TPSA) is 167 Å². The molecule has 254 valence electrons. The van der Waals surface area contributed by atoms with Gasteiger partial charge in [-0.1, -0.05) is 36.4 Å². The van der Waals surface area contributed by atoms with Crippen LogP contribution in [0.15, 0.2) is 128 Å². The van der Waals surface area contributed by atoms with E-state index in [0.717, 1.165) is 48.7 Å². The Labute approximate surface area is 316 Å². The van der Waals surface area contributed by atoms with Crippen molar-refractivity contribution in [2.75, 3.05) is 0 Å². The van der Waals surface area contributed by atoms with Gasteiger partial charge in [0.2, 0.25) is 0 Å². The Morgan fingerprint density at radius 2 is 0.745 bits per heavy atom. The van der Waals surface area contributed by atoms with Gasteiger partial charge in [-0.2, -0.15) is 84.4 Å². The summed E-state index contributed by atoms with van der Waals surface area (Å²) in [6, 6.07) is 44.7. The third kappa shape index (κ3) is 11.0. The van der Waals surface area contributed by atoms with Crippen LogP contribution in [0.1, 0.15) is 0 Å². The van der Waals surface area contributed by atoms with E-state index in [-0.39, 0.29) is 16.8 Å². The molecule has 0 aliphatic carbocycles. The molecule has 0 amide bonds. The van der Waals surface area contributed by atoms with Crippen molar-refractivity contribution in [1.29, 1.82) is 0 Å². The first-order valence-electron chi connectivity index (χ1n) is 14.5. The summed E-state index contributed by atoms with van der Waals surface area (Å²) >= 11 is 4.94. The van der Waals surface area contributed by atoms with Crippen LogP contribution in [0.3, 0.4) is 0 Å². The molecule has 0 atom stereocenters. The van der Waals surface area contributed by atoms with E-state index >= 15 is 0 Å².